The molecule has 0 aromatic heterocycles. The molecule has 0 heterocycles. The molecule has 8 heavy (non-hydrogen) atoms. The Bertz CT molecular complexity index is 137. The average molecular weight is 131 g/mol. The SMILES string of the molecule is C=NC(Cl)=NC(=C)C. The van der Waals surface area contributed by atoms with Gasteiger partial charge in [0.15, 0.2) is 0 Å². The Morgan fingerprint density at radius 3 is 2.25 bits per heavy atom. The molecular formula is C5H7ClN2. The van der Waals surface area contributed by atoms with Crippen LogP contribution in [0.1, 0.15) is 6.92 Å². The lowest BCUT2D eigenvalue weighted by atomic mass is 10.6. The van der Waals surface area contributed by atoms with Gasteiger partial charge >= 0.3 is 0 Å². The van der Waals surface area contributed by atoms with Crippen molar-refractivity contribution >= 4 is 23.6 Å². The molecule has 0 saturated carbocycles. The second-order valence-corrected chi connectivity index (χ2v) is 1.61. The number of hydrogen-bond acceptors (Lipinski definition) is 1. The summed E-state index contributed by atoms with van der Waals surface area (Å²) >= 11 is 5.32. The number of nitrogens with zero attached hydrogens (tertiary/aromatic N) is 2. The van der Waals surface area contributed by atoms with Crippen molar-refractivity contribution in [3.63, 3.8) is 0 Å². The minimum absolute atomic E-state index is 0.137. The molecule has 0 aromatic rings. The predicted octanol–water partition coefficient (Wildman–Crippen LogP) is 1.82. The number of hydrogen-bond donors (Lipinski definition) is 0. The first-order chi connectivity index (χ1) is 3.66. The highest BCUT2D eigenvalue weighted by atomic mass is 35.5. The third-order valence-corrected chi connectivity index (χ3v) is 0.618. The lowest BCUT2D eigenvalue weighted by Gasteiger charge is -1.84. The van der Waals surface area contributed by atoms with Gasteiger partial charge in [0.25, 0.3) is 0 Å². The summed E-state index contributed by atoms with van der Waals surface area (Å²) in [4.78, 5) is 6.99. The summed E-state index contributed by atoms with van der Waals surface area (Å²) in [6, 6.07) is 0. The highest BCUT2D eigenvalue weighted by Gasteiger charge is 1.82. The first-order valence-electron chi connectivity index (χ1n) is 2.03. The Hall–Kier alpha value is -0.630. The lowest BCUT2D eigenvalue weighted by molar-refractivity contribution is 1.32. The smallest absolute Gasteiger partial charge is 0.221 e. The van der Waals surface area contributed by atoms with Crippen LogP contribution in [0.5, 0.6) is 0 Å². The third kappa shape index (κ3) is 3.56. The van der Waals surface area contributed by atoms with E-state index in [1.54, 1.807) is 6.92 Å². The van der Waals surface area contributed by atoms with E-state index in [0.717, 1.165) is 0 Å². The van der Waals surface area contributed by atoms with Crippen molar-refractivity contribution in [2.45, 2.75) is 6.92 Å². The zero-order chi connectivity index (χ0) is 6.57. The van der Waals surface area contributed by atoms with E-state index in [0.29, 0.717) is 5.70 Å². The summed E-state index contributed by atoms with van der Waals surface area (Å²) in [7, 11) is 0. The molecule has 0 fully saturated rings. The molecule has 0 amide bonds. The van der Waals surface area contributed by atoms with E-state index >= 15 is 0 Å². The van der Waals surface area contributed by atoms with Gasteiger partial charge < -0.3 is 0 Å². The van der Waals surface area contributed by atoms with E-state index in [-0.39, 0.29) is 5.29 Å². The quantitative estimate of drug-likeness (QED) is 0.294. The van der Waals surface area contributed by atoms with Crippen LogP contribution in [-0.2, 0) is 0 Å². The fourth-order valence-corrected chi connectivity index (χ4v) is 0.337. The third-order valence-electron chi connectivity index (χ3n) is 0.414. The minimum Gasteiger partial charge on any atom is -0.234 e. The Balaban J connectivity index is 3.94. The van der Waals surface area contributed by atoms with E-state index in [1.165, 1.54) is 0 Å². The van der Waals surface area contributed by atoms with Crippen LogP contribution in [-0.4, -0.2) is 12.0 Å². The van der Waals surface area contributed by atoms with Crippen molar-refractivity contribution in [1.29, 1.82) is 0 Å². The molecule has 0 bridgehead atoms. The molecule has 0 unspecified atom stereocenters. The van der Waals surface area contributed by atoms with Gasteiger partial charge in [-0.1, -0.05) is 6.58 Å². The molecule has 0 aliphatic rings. The number of rotatable bonds is 1. The van der Waals surface area contributed by atoms with E-state index in [2.05, 4.69) is 23.3 Å². The number of aliphatic imine (C=N–C) groups is 2. The molecular weight excluding hydrogens is 124 g/mol. The Labute approximate surface area is 53.6 Å². The van der Waals surface area contributed by atoms with Crippen LogP contribution in [0.25, 0.3) is 0 Å². The van der Waals surface area contributed by atoms with E-state index < -0.39 is 0 Å². The maximum Gasteiger partial charge on any atom is 0.221 e. The lowest BCUT2D eigenvalue weighted by Crippen LogP contribution is -1.77. The van der Waals surface area contributed by atoms with Crippen LogP contribution in [0, 0.1) is 0 Å². The van der Waals surface area contributed by atoms with Crippen molar-refractivity contribution in [2.24, 2.45) is 9.98 Å². The summed E-state index contributed by atoms with van der Waals surface area (Å²) < 4.78 is 0. The Morgan fingerprint density at radius 1 is 1.62 bits per heavy atom. The fourth-order valence-electron chi connectivity index (χ4n) is 0.193. The Morgan fingerprint density at radius 2 is 2.12 bits per heavy atom. The molecule has 0 N–H and O–H groups in total. The Kier molecular flexibility index (Phi) is 3.12. The maximum atomic E-state index is 5.32. The normalized spacial score (nSPS) is 11.0. The molecule has 0 saturated heterocycles. The molecule has 0 aliphatic carbocycles. The highest BCUT2D eigenvalue weighted by molar-refractivity contribution is 6.65. The predicted molar refractivity (Wildman–Crippen MR) is 37.7 cm³/mol. The van der Waals surface area contributed by atoms with Crippen molar-refractivity contribution in [1.82, 2.24) is 0 Å². The first kappa shape index (κ1) is 7.37. The van der Waals surface area contributed by atoms with Crippen LogP contribution < -0.4 is 0 Å². The van der Waals surface area contributed by atoms with Gasteiger partial charge in [0.2, 0.25) is 5.29 Å². The van der Waals surface area contributed by atoms with Crippen LogP contribution in [0.4, 0.5) is 0 Å². The molecule has 2 nitrogen and oxygen atoms in total. The van der Waals surface area contributed by atoms with Gasteiger partial charge in [-0.15, -0.1) is 0 Å². The van der Waals surface area contributed by atoms with E-state index in [4.69, 9.17) is 11.6 Å². The van der Waals surface area contributed by atoms with Crippen LogP contribution >= 0.6 is 11.6 Å². The van der Waals surface area contributed by atoms with Gasteiger partial charge in [-0.2, -0.15) is 0 Å². The van der Waals surface area contributed by atoms with Crippen LogP contribution in [0.15, 0.2) is 22.3 Å². The van der Waals surface area contributed by atoms with Gasteiger partial charge in [0, 0.05) is 5.70 Å². The second-order valence-electron chi connectivity index (χ2n) is 1.27. The number of allylic oxidation sites excluding steroid dienone is 1. The monoisotopic (exact) mass is 130 g/mol. The second kappa shape index (κ2) is 3.38. The molecule has 44 valence electrons. The van der Waals surface area contributed by atoms with Crippen molar-refractivity contribution in [3.05, 3.63) is 12.3 Å². The minimum atomic E-state index is 0.137. The first-order valence-corrected chi connectivity index (χ1v) is 2.41. The van der Waals surface area contributed by atoms with Gasteiger partial charge in [-0.3, -0.25) is 0 Å². The maximum absolute atomic E-state index is 5.32. The summed E-state index contributed by atoms with van der Waals surface area (Å²) in [5.41, 5.74) is 0.627. The van der Waals surface area contributed by atoms with Gasteiger partial charge in [-0.25, -0.2) is 9.98 Å². The van der Waals surface area contributed by atoms with Crippen molar-refractivity contribution < 1.29 is 0 Å². The van der Waals surface area contributed by atoms with Crippen molar-refractivity contribution in [3.8, 4) is 0 Å². The number of halogens is 1. The van der Waals surface area contributed by atoms with Crippen molar-refractivity contribution in [2.75, 3.05) is 0 Å². The zero-order valence-electron chi connectivity index (χ0n) is 4.69. The molecule has 0 rings (SSSR count). The summed E-state index contributed by atoms with van der Waals surface area (Å²) in [6.45, 7) is 8.37. The summed E-state index contributed by atoms with van der Waals surface area (Å²) in [5, 5.41) is 0.137. The van der Waals surface area contributed by atoms with E-state index in [9.17, 15) is 0 Å². The molecule has 0 atom stereocenters. The molecule has 0 spiro atoms. The van der Waals surface area contributed by atoms with Gasteiger partial charge in [0.05, 0.1) is 0 Å². The molecule has 3 heteroatoms. The largest absolute Gasteiger partial charge is 0.234 e. The molecule has 0 radical (unpaired) electrons. The van der Waals surface area contributed by atoms with Gasteiger partial charge in [-0.05, 0) is 25.2 Å². The van der Waals surface area contributed by atoms with Gasteiger partial charge in [0.1, 0.15) is 0 Å². The summed E-state index contributed by atoms with van der Waals surface area (Å²) in [6.07, 6.45) is 0. The highest BCUT2D eigenvalue weighted by Crippen LogP contribution is 1.93. The summed E-state index contributed by atoms with van der Waals surface area (Å²) in [5.74, 6) is 0. The number of amidine groups is 1. The average Bonchev–Trinajstić information content (AvgIpc) is 1.65. The standard InChI is InChI=1S/C5H7ClN2/c1-4(2)8-5(6)7-3/h1,3H2,2H3. The van der Waals surface area contributed by atoms with E-state index in [1.807, 2.05) is 0 Å². The molecule has 0 aliphatic heterocycles. The van der Waals surface area contributed by atoms with Crippen LogP contribution in [0.3, 0.4) is 0 Å². The van der Waals surface area contributed by atoms with Crippen LogP contribution in [0.2, 0.25) is 0 Å². The fraction of sp³-hybridized carbons (Fsp3) is 0.200. The molecule has 0 aromatic carbocycles. The topological polar surface area (TPSA) is 24.7 Å². The zero-order valence-corrected chi connectivity index (χ0v) is 5.44.